The number of piperidine rings is 2. The van der Waals surface area contributed by atoms with Gasteiger partial charge in [0, 0.05) is 49.9 Å². The fourth-order valence-corrected chi connectivity index (χ4v) is 4.20. The monoisotopic (exact) mass is 393 g/mol. The van der Waals surface area contributed by atoms with Crippen LogP contribution in [0.4, 0.5) is 17.3 Å². The highest BCUT2D eigenvalue weighted by atomic mass is 16.1. The molecule has 0 aliphatic carbocycles. The van der Waals surface area contributed by atoms with Crippen molar-refractivity contribution in [1.29, 1.82) is 0 Å². The molecule has 2 aliphatic rings. The number of amides is 1. The molecular formula is C23H31N5O. The highest BCUT2D eigenvalue weighted by Crippen LogP contribution is 2.24. The summed E-state index contributed by atoms with van der Waals surface area (Å²) in [5.74, 6) is 2.01. The number of hydrogen-bond acceptors (Lipinski definition) is 5. The van der Waals surface area contributed by atoms with Crippen LogP contribution in [0, 0.1) is 11.8 Å². The third-order valence-corrected chi connectivity index (χ3v) is 6.11. The van der Waals surface area contributed by atoms with Gasteiger partial charge in [-0.25, -0.2) is 9.97 Å². The lowest BCUT2D eigenvalue weighted by Gasteiger charge is -2.32. The van der Waals surface area contributed by atoms with E-state index in [4.69, 9.17) is 0 Å². The van der Waals surface area contributed by atoms with Gasteiger partial charge >= 0.3 is 0 Å². The van der Waals surface area contributed by atoms with Gasteiger partial charge in [0.1, 0.15) is 0 Å². The normalized spacial score (nSPS) is 20.6. The van der Waals surface area contributed by atoms with Crippen LogP contribution in [0.25, 0.3) is 0 Å². The molecule has 1 atom stereocenters. The van der Waals surface area contributed by atoms with Crippen molar-refractivity contribution < 1.29 is 4.79 Å². The van der Waals surface area contributed by atoms with E-state index in [0.29, 0.717) is 17.4 Å². The number of hydrogen-bond donors (Lipinski definition) is 1. The summed E-state index contributed by atoms with van der Waals surface area (Å²) in [5.41, 5.74) is 2.49. The lowest BCUT2D eigenvalue weighted by molar-refractivity contribution is 0.102. The molecule has 1 unspecified atom stereocenters. The third kappa shape index (κ3) is 4.86. The number of anilines is 3. The van der Waals surface area contributed by atoms with E-state index in [9.17, 15) is 4.79 Å². The van der Waals surface area contributed by atoms with Crippen molar-refractivity contribution in [1.82, 2.24) is 9.97 Å². The molecule has 2 fully saturated rings. The molecular weight excluding hydrogens is 362 g/mol. The van der Waals surface area contributed by atoms with Crippen molar-refractivity contribution >= 4 is 23.2 Å². The predicted octanol–water partition coefficient (Wildman–Crippen LogP) is 4.20. The van der Waals surface area contributed by atoms with E-state index in [2.05, 4.69) is 51.1 Å². The maximum Gasteiger partial charge on any atom is 0.258 e. The predicted molar refractivity (Wildman–Crippen MR) is 118 cm³/mol. The Hall–Kier alpha value is -2.63. The SMILES string of the molecule is CC1CCN(c2ccc(NC(=O)c3cnc(N4CCCC(C)C4)nc3)cc2)CC1. The topological polar surface area (TPSA) is 61.4 Å². The average molecular weight is 394 g/mol. The number of nitrogens with zero attached hydrogens (tertiary/aromatic N) is 4. The summed E-state index contributed by atoms with van der Waals surface area (Å²) < 4.78 is 0. The van der Waals surface area contributed by atoms with Gasteiger partial charge in [-0.15, -0.1) is 0 Å². The standard InChI is InChI=1S/C23H31N5O/c1-17-9-12-27(13-10-17)21-7-5-20(6-8-21)26-22(29)19-14-24-23(25-15-19)28-11-3-4-18(2)16-28/h5-8,14-15,17-18H,3-4,9-13,16H2,1-2H3,(H,26,29). The molecule has 0 saturated carbocycles. The zero-order chi connectivity index (χ0) is 20.2. The Morgan fingerprint density at radius 3 is 2.28 bits per heavy atom. The number of aromatic nitrogens is 2. The van der Waals surface area contributed by atoms with Gasteiger partial charge < -0.3 is 15.1 Å². The van der Waals surface area contributed by atoms with Crippen LogP contribution >= 0.6 is 0 Å². The molecule has 29 heavy (non-hydrogen) atoms. The average Bonchev–Trinajstić information content (AvgIpc) is 2.75. The van der Waals surface area contributed by atoms with Crippen molar-refractivity contribution in [2.24, 2.45) is 11.8 Å². The van der Waals surface area contributed by atoms with E-state index in [1.807, 2.05) is 12.1 Å². The first-order valence-electron chi connectivity index (χ1n) is 10.8. The minimum Gasteiger partial charge on any atom is -0.372 e. The van der Waals surface area contributed by atoms with Gasteiger partial charge in [-0.05, 0) is 61.8 Å². The van der Waals surface area contributed by atoms with Crippen LogP contribution in [0.3, 0.4) is 0 Å². The second-order valence-corrected chi connectivity index (χ2v) is 8.64. The Kier molecular flexibility index (Phi) is 5.97. The number of rotatable bonds is 4. The first-order valence-corrected chi connectivity index (χ1v) is 10.8. The Balaban J connectivity index is 1.35. The van der Waals surface area contributed by atoms with Crippen molar-refractivity contribution in [2.45, 2.75) is 39.5 Å². The summed E-state index contributed by atoms with van der Waals surface area (Å²) in [7, 11) is 0. The highest BCUT2D eigenvalue weighted by molar-refractivity contribution is 6.03. The van der Waals surface area contributed by atoms with E-state index < -0.39 is 0 Å². The minimum absolute atomic E-state index is 0.178. The molecule has 1 N–H and O–H groups in total. The zero-order valence-corrected chi connectivity index (χ0v) is 17.5. The van der Waals surface area contributed by atoms with Gasteiger partial charge in [-0.3, -0.25) is 4.79 Å². The molecule has 1 aromatic heterocycles. The summed E-state index contributed by atoms with van der Waals surface area (Å²) in [6, 6.07) is 8.11. The highest BCUT2D eigenvalue weighted by Gasteiger charge is 2.19. The summed E-state index contributed by atoms with van der Waals surface area (Å²) >= 11 is 0. The molecule has 3 heterocycles. The minimum atomic E-state index is -0.178. The van der Waals surface area contributed by atoms with Gasteiger partial charge in [0.15, 0.2) is 0 Å². The van der Waals surface area contributed by atoms with Gasteiger partial charge in [0.2, 0.25) is 5.95 Å². The molecule has 4 rings (SSSR count). The van der Waals surface area contributed by atoms with Crippen LogP contribution in [-0.2, 0) is 0 Å². The molecule has 2 aromatic rings. The van der Waals surface area contributed by atoms with E-state index >= 15 is 0 Å². The number of benzene rings is 1. The maximum atomic E-state index is 12.6. The fourth-order valence-electron chi connectivity index (χ4n) is 4.20. The van der Waals surface area contributed by atoms with E-state index in [1.54, 1.807) is 12.4 Å². The van der Waals surface area contributed by atoms with Crippen molar-refractivity contribution in [3.63, 3.8) is 0 Å². The van der Waals surface area contributed by atoms with Gasteiger partial charge in [0.25, 0.3) is 5.91 Å². The Morgan fingerprint density at radius 2 is 1.62 bits per heavy atom. The first kappa shape index (κ1) is 19.7. The third-order valence-electron chi connectivity index (χ3n) is 6.11. The lowest BCUT2D eigenvalue weighted by Crippen LogP contribution is -2.35. The molecule has 0 spiro atoms. The first-order chi connectivity index (χ1) is 14.1. The smallest absolute Gasteiger partial charge is 0.258 e. The van der Waals surface area contributed by atoms with Gasteiger partial charge in [-0.2, -0.15) is 0 Å². The number of carbonyl (C=O) groups is 1. The largest absolute Gasteiger partial charge is 0.372 e. The van der Waals surface area contributed by atoms with Crippen LogP contribution in [0.5, 0.6) is 0 Å². The van der Waals surface area contributed by atoms with Crippen molar-refractivity contribution in [3.05, 3.63) is 42.2 Å². The molecule has 6 nitrogen and oxygen atoms in total. The summed E-state index contributed by atoms with van der Waals surface area (Å²) in [5, 5.41) is 2.95. The molecule has 1 aromatic carbocycles. The van der Waals surface area contributed by atoms with Crippen LogP contribution in [-0.4, -0.2) is 42.1 Å². The molecule has 6 heteroatoms. The Bertz CT molecular complexity index is 812. The van der Waals surface area contributed by atoms with Gasteiger partial charge in [0.05, 0.1) is 5.56 Å². The number of carbonyl (C=O) groups excluding carboxylic acids is 1. The van der Waals surface area contributed by atoms with E-state index in [1.165, 1.54) is 31.4 Å². The molecule has 2 aliphatic heterocycles. The van der Waals surface area contributed by atoms with Crippen LogP contribution in [0.2, 0.25) is 0 Å². The molecule has 0 radical (unpaired) electrons. The second kappa shape index (κ2) is 8.80. The fraction of sp³-hybridized carbons (Fsp3) is 0.522. The molecule has 0 bridgehead atoms. The maximum absolute atomic E-state index is 12.6. The quantitative estimate of drug-likeness (QED) is 0.843. The Labute approximate surface area is 173 Å². The van der Waals surface area contributed by atoms with Crippen molar-refractivity contribution in [3.8, 4) is 0 Å². The van der Waals surface area contributed by atoms with Crippen LogP contribution in [0.1, 0.15) is 49.9 Å². The number of nitrogens with one attached hydrogen (secondary N) is 1. The molecule has 1 amide bonds. The summed E-state index contributed by atoms with van der Waals surface area (Å²) in [4.78, 5) is 26.0. The summed E-state index contributed by atoms with van der Waals surface area (Å²) in [6.45, 7) is 8.75. The molecule has 2 saturated heterocycles. The van der Waals surface area contributed by atoms with Crippen LogP contribution in [0.15, 0.2) is 36.7 Å². The van der Waals surface area contributed by atoms with Gasteiger partial charge in [-0.1, -0.05) is 13.8 Å². The second-order valence-electron chi connectivity index (χ2n) is 8.64. The Morgan fingerprint density at radius 1 is 0.931 bits per heavy atom. The van der Waals surface area contributed by atoms with Crippen molar-refractivity contribution in [2.75, 3.05) is 41.3 Å². The van der Waals surface area contributed by atoms with E-state index in [-0.39, 0.29) is 5.91 Å². The lowest BCUT2D eigenvalue weighted by atomic mass is 9.99. The van der Waals surface area contributed by atoms with Crippen LogP contribution < -0.4 is 15.1 Å². The zero-order valence-electron chi connectivity index (χ0n) is 17.5. The van der Waals surface area contributed by atoms with E-state index in [0.717, 1.165) is 37.8 Å². The molecule has 154 valence electrons. The summed E-state index contributed by atoms with van der Waals surface area (Å²) in [6.07, 6.45) is 8.15.